The van der Waals surface area contributed by atoms with Gasteiger partial charge >= 0.3 is 11.6 Å². The van der Waals surface area contributed by atoms with Gasteiger partial charge in [-0.25, -0.2) is 9.59 Å². The summed E-state index contributed by atoms with van der Waals surface area (Å²) in [5.41, 5.74) is 1.67. The highest BCUT2D eigenvalue weighted by molar-refractivity contribution is 5.83. The number of aryl methyl sites for hydroxylation is 2. The molecule has 1 aromatic heterocycles. The minimum atomic E-state index is -1.04. The summed E-state index contributed by atoms with van der Waals surface area (Å²) in [6.45, 7) is 5.24. The molecule has 0 bridgehead atoms. The van der Waals surface area contributed by atoms with Crippen LogP contribution in [0, 0.1) is 6.92 Å². The van der Waals surface area contributed by atoms with Gasteiger partial charge in [0.15, 0.2) is 6.10 Å². The van der Waals surface area contributed by atoms with E-state index in [9.17, 15) is 9.59 Å². The van der Waals surface area contributed by atoms with Gasteiger partial charge in [-0.15, -0.1) is 0 Å². The molecule has 0 saturated carbocycles. The van der Waals surface area contributed by atoms with Crippen LogP contribution in [0.4, 0.5) is 0 Å². The predicted molar refractivity (Wildman–Crippen MR) is 74.3 cm³/mol. The Hall–Kier alpha value is -2.30. The minimum absolute atomic E-state index is 0.403. The Bertz CT molecular complexity index is 714. The second-order valence-electron chi connectivity index (χ2n) is 4.66. The number of carboxylic acid groups (broad SMARTS) is 1. The molecule has 0 radical (unpaired) electrons. The summed E-state index contributed by atoms with van der Waals surface area (Å²) < 4.78 is 10.6. The van der Waals surface area contributed by atoms with Gasteiger partial charge in [-0.05, 0) is 37.5 Å². The lowest BCUT2D eigenvalue weighted by molar-refractivity contribution is -0.144. The third-order valence-corrected chi connectivity index (χ3v) is 3.16. The topological polar surface area (TPSA) is 76.7 Å². The van der Waals surface area contributed by atoms with Gasteiger partial charge in [0.1, 0.15) is 11.3 Å². The summed E-state index contributed by atoms with van der Waals surface area (Å²) in [6, 6.07) is 4.89. The van der Waals surface area contributed by atoms with Crippen LogP contribution >= 0.6 is 0 Å². The Labute approximate surface area is 115 Å². The SMILES string of the molecule is CCc1cc2c(C)cc(=O)oc2cc1O[C@@H](C)C(=O)O. The molecule has 0 aliphatic heterocycles. The van der Waals surface area contributed by atoms with Crippen LogP contribution < -0.4 is 10.4 Å². The van der Waals surface area contributed by atoms with Gasteiger partial charge in [0.05, 0.1) is 0 Å². The minimum Gasteiger partial charge on any atom is -0.479 e. The summed E-state index contributed by atoms with van der Waals surface area (Å²) in [5, 5.41) is 9.74. The average molecular weight is 276 g/mol. The fraction of sp³-hybridized carbons (Fsp3) is 0.333. The maximum atomic E-state index is 11.4. The summed E-state index contributed by atoms with van der Waals surface area (Å²) in [7, 11) is 0. The molecule has 2 aromatic rings. The summed E-state index contributed by atoms with van der Waals surface area (Å²) in [6.07, 6.45) is -0.273. The number of carbonyl (C=O) groups is 1. The zero-order valence-electron chi connectivity index (χ0n) is 11.6. The summed E-state index contributed by atoms with van der Waals surface area (Å²) >= 11 is 0. The molecule has 0 aliphatic carbocycles. The highest BCUT2D eigenvalue weighted by Crippen LogP contribution is 2.28. The normalized spacial score (nSPS) is 12.3. The zero-order valence-corrected chi connectivity index (χ0v) is 11.6. The van der Waals surface area contributed by atoms with Gasteiger partial charge in [0.2, 0.25) is 0 Å². The number of aliphatic carboxylic acids is 1. The Morgan fingerprint density at radius 1 is 1.40 bits per heavy atom. The zero-order chi connectivity index (χ0) is 14.9. The van der Waals surface area contributed by atoms with Crippen LogP contribution in [0.25, 0.3) is 11.0 Å². The van der Waals surface area contributed by atoms with E-state index in [0.717, 1.165) is 16.5 Å². The van der Waals surface area contributed by atoms with Crippen molar-refractivity contribution in [2.24, 2.45) is 0 Å². The molecule has 1 heterocycles. The molecule has 2 rings (SSSR count). The van der Waals surface area contributed by atoms with E-state index in [1.165, 1.54) is 13.0 Å². The third-order valence-electron chi connectivity index (χ3n) is 3.16. The van der Waals surface area contributed by atoms with Gasteiger partial charge in [-0.1, -0.05) is 6.92 Å². The van der Waals surface area contributed by atoms with Crippen LogP contribution in [0.5, 0.6) is 5.75 Å². The number of hydrogen-bond donors (Lipinski definition) is 1. The van der Waals surface area contributed by atoms with Crippen molar-refractivity contribution in [3.8, 4) is 5.75 Å². The summed E-state index contributed by atoms with van der Waals surface area (Å²) in [4.78, 5) is 22.3. The standard InChI is InChI=1S/C15H16O5/c1-4-10-6-11-8(2)5-14(16)20-13(11)7-12(10)19-9(3)15(17)18/h5-7,9H,4H2,1-3H3,(H,17,18)/t9-/m0/s1. The number of fused-ring (bicyclic) bond motifs is 1. The fourth-order valence-electron chi connectivity index (χ4n) is 2.02. The van der Waals surface area contributed by atoms with Crippen LogP contribution in [0.1, 0.15) is 25.0 Å². The van der Waals surface area contributed by atoms with Gasteiger partial charge in [-0.3, -0.25) is 0 Å². The lowest BCUT2D eigenvalue weighted by atomic mass is 10.1. The lowest BCUT2D eigenvalue weighted by Crippen LogP contribution is -2.23. The molecule has 1 aromatic carbocycles. The number of ether oxygens (including phenoxy) is 1. The first-order valence-electron chi connectivity index (χ1n) is 6.39. The second kappa shape index (κ2) is 5.36. The largest absolute Gasteiger partial charge is 0.479 e. The third kappa shape index (κ3) is 2.66. The predicted octanol–water partition coefficient (Wildman–Crippen LogP) is 2.52. The Balaban J connectivity index is 2.59. The Morgan fingerprint density at radius 2 is 2.10 bits per heavy atom. The van der Waals surface area contributed by atoms with E-state index in [0.29, 0.717) is 17.8 Å². The molecule has 20 heavy (non-hydrogen) atoms. The van der Waals surface area contributed by atoms with Gasteiger partial charge in [0, 0.05) is 17.5 Å². The molecule has 0 fully saturated rings. The molecule has 5 nitrogen and oxygen atoms in total. The number of hydrogen-bond acceptors (Lipinski definition) is 4. The second-order valence-corrected chi connectivity index (χ2v) is 4.66. The van der Waals surface area contributed by atoms with Crippen molar-refractivity contribution in [1.29, 1.82) is 0 Å². The Kier molecular flexibility index (Phi) is 3.79. The lowest BCUT2D eigenvalue weighted by Gasteiger charge is -2.15. The van der Waals surface area contributed by atoms with E-state index < -0.39 is 17.7 Å². The van der Waals surface area contributed by atoms with E-state index in [1.54, 1.807) is 6.07 Å². The quantitative estimate of drug-likeness (QED) is 0.868. The first-order valence-corrected chi connectivity index (χ1v) is 6.39. The van der Waals surface area contributed by atoms with Crippen LogP contribution in [0.3, 0.4) is 0 Å². The van der Waals surface area contributed by atoms with Crippen LogP contribution in [0.2, 0.25) is 0 Å². The highest BCUT2D eigenvalue weighted by atomic mass is 16.5. The monoisotopic (exact) mass is 276 g/mol. The van der Waals surface area contributed by atoms with Gasteiger partial charge in [-0.2, -0.15) is 0 Å². The molecule has 0 amide bonds. The van der Waals surface area contributed by atoms with E-state index in [2.05, 4.69) is 0 Å². The molecule has 0 saturated heterocycles. The molecule has 0 spiro atoms. The number of rotatable bonds is 4. The van der Waals surface area contributed by atoms with Gasteiger partial charge < -0.3 is 14.3 Å². The molecule has 0 aliphatic rings. The van der Waals surface area contributed by atoms with Crippen molar-refractivity contribution in [2.45, 2.75) is 33.3 Å². The molecule has 1 N–H and O–H groups in total. The average Bonchev–Trinajstić information content (AvgIpc) is 2.37. The van der Waals surface area contributed by atoms with Gasteiger partial charge in [0.25, 0.3) is 0 Å². The van der Waals surface area contributed by atoms with E-state index >= 15 is 0 Å². The van der Waals surface area contributed by atoms with Crippen molar-refractivity contribution in [3.05, 3.63) is 39.7 Å². The molecule has 106 valence electrons. The highest BCUT2D eigenvalue weighted by Gasteiger charge is 2.16. The van der Waals surface area contributed by atoms with Crippen LogP contribution in [-0.4, -0.2) is 17.2 Å². The van der Waals surface area contributed by atoms with E-state index in [1.807, 2.05) is 19.9 Å². The molecule has 0 unspecified atom stereocenters. The van der Waals surface area contributed by atoms with Crippen LogP contribution in [0.15, 0.2) is 27.4 Å². The smallest absolute Gasteiger partial charge is 0.344 e. The van der Waals surface area contributed by atoms with Crippen molar-refractivity contribution in [3.63, 3.8) is 0 Å². The maximum absolute atomic E-state index is 11.4. The number of benzene rings is 1. The van der Waals surface area contributed by atoms with Crippen LogP contribution in [-0.2, 0) is 11.2 Å². The molecule has 1 atom stereocenters. The van der Waals surface area contributed by atoms with Crippen molar-refractivity contribution in [2.75, 3.05) is 0 Å². The Morgan fingerprint density at radius 3 is 2.70 bits per heavy atom. The van der Waals surface area contributed by atoms with E-state index in [-0.39, 0.29) is 0 Å². The summed E-state index contributed by atoms with van der Waals surface area (Å²) in [5.74, 6) is -0.610. The molecular formula is C15H16O5. The first-order chi connectivity index (χ1) is 9.42. The molecule has 5 heteroatoms. The number of carboxylic acids is 1. The van der Waals surface area contributed by atoms with E-state index in [4.69, 9.17) is 14.3 Å². The maximum Gasteiger partial charge on any atom is 0.344 e. The van der Waals surface area contributed by atoms with Crippen molar-refractivity contribution >= 4 is 16.9 Å². The fourth-order valence-corrected chi connectivity index (χ4v) is 2.02. The van der Waals surface area contributed by atoms with Crippen molar-refractivity contribution < 1.29 is 19.1 Å². The van der Waals surface area contributed by atoms with Crippen molar-refractivity contribution in [1.82, 2.24) is 0 Å². The molecular weight excluding hydrogens is 260 g/mol. The first kappa shape index (κ1) is 14.1.